The maximum Gasteiger partial charge on any atom is 0.231 e. The zero-order valence-electron chi connectivity index (χ0n) is 8.54. The van der Waals surface area contributed by atoms with Crippen LogP contribution in [0.4, 0.5) is 5.69 Å². The standard InChI is InChI=1S/C11H9Cl2NO2/c1-14-8-3-2-6(10(16)11(12)13)4-7(8)5-9(14)15/h2-4,11H,5H2,1H3. The van der Waals surface area contributed by atoms with Crippen LogP contribution < -0.4 is 4.90 Å². The number of alkyl halides is 2. The number of ketones is 1. The Labute approximate surface area is 103 Å². The molecule has 0 saturated carbocycles. The SMILES string of the molecule is CN1C(=O)Cc2cc(C(=O)C(Cl)Cl)ccc21. The predicted molar refractivity (Wildman–Crippen MR) is 63.4 cm³/mol. The lowest BCUT2D eigenvalue weighted by atomic mass is 10.1. The lowest BCUT2D eigenvalue weighted by Gasteiger charge is -2.10. The van der Waals surface area contributed by atoms with Crippen LogP contribution in [0.1, 0.15) is 15.9 Å². The van der Waals surface area contributed by atoms with E-state index < -0.39 is 4.84 Å². The first kappa shape index (κ1) is 11.4. The summed E-state index contributed by atoms with van der Waals surface area (Å²) in [6, 6.07) is 5.05. The average molecular weight is 258 g/mol. The second-order valence-corrected chi connectivity index (χ2v) is 4.73. The van der Waals surface area contributed by atoms with Crippen LogP contribution in [0.25, 0.3) is 0 Å². The fourth-order valence-corrected chi connectivity index (χ4v) is 2.00. The van der Waals surface area contributed by atoms with Crippen molar-refractivity contribution in [3.05, 3.63) is 29.3 Å². The van der Waals surface area contributed by atoms with Gasteiger partial charge in [-0.25, -0.2) is 0 Å². The summed E-state index contributed by atoms with van der Waals surface area (Å²) in [5.74, 6) is -0.318. The van der Waals surface area contributed by atoms with E-state index in [2.05, 4.69) is 0 Å². The molecule has 84 valence electrons. The smallest absolute Gasteiger partial charge is 0.231 e. The third kappa shape index (κ3) is 1.81. The van der Waals surface area contributed by atoms with E-state index in [1.807, 2.05) is 0 Å². The van der Waals surface area contributed by atoms with E-state index >= 15 is 0 Å². The molecule has 0 aromatic heterocycles. The zero-order chi connectivity index (χ0) is 11.9. The predicted octanol–water partition coefficient (Wildman–Crippen LogP) is 2.19. The number of carbonyl (C=O) groups excluding carboxylic acids is 2. The number of benzene rings is 1. The summed E-state index contributed by atoms with van der Waals surface area (Å²) in [6.07, 6.45) is 0.322. The van der Waals surface area contributed by atoms with E-state index in [-0.39, 0.29) is 11.7 Å². The molecule has 2 rings (SSSR count). The molecule has 0 radical (unpaired) electrons. The molecule has 0 atom stereocenters. The molecule has 0 fully saturated rings. The number of nitrogens with zero attached hydrogens (tertiary/aromatic N) is 1. The highest BCUT2D eigenvalue weighted by Gasteiger charge is 2.25. The topological polar surface area (TPSA) is 37.4 Å². The second kappa shape index (κ2) is 4.07. The molecule has 1 amide bonds. The van der Waals surface area contributed by atoms with Crippen LogP contribution in [0.15, 0.2) is 18.2 Å². The maximum absolute atomic E-state index is 11.5. The van der Waals surface area contributed by atoms with Gasteiger partial charge in [-0.3, -0.25) is 9.59 Å². The maximum atomic E-state index is 11.5. The van der Waals surface area contributed by atoms with Gasteiger partial charge in [0.15, 0.2) is 10.6 Å². The first-order chi connectivity index (χ1) is 7.50. The van der Waals surface area contributed by atoms with E-state index in [0.29, 0.717) is 12.0 Å². The first-order valence-electron chi connectivity index (χ1n) is 4.72. The van der Waals surface area contributed by atoms with E-state index in [1.54, 1.807) is 30.1 Å². The Morgan fingerprint density at radius 1 is 1.44 bits per heavy atom. The number of carbonyl (C=O) groups is 2. The summed E-state index contributed by atoms with van der Waals surface area (Å²) in [5.41, 5.74) is 2.12. The highest BCUT2D eigenvalue weighted by Crippen LogP contribution is 2.29. The van der Waals surface area contributed by atoms with Gasteiger partial charge in [0, 0.05) is 18.3 Å². The fourth-order valence-electron chi connectivity index (χ4n) is 1.75. The van der Waals surface area contributed by atoms with Crippen molar-refractivity contribution in [3.8, 4) is 0 Å². The number of hydrogen-bond donors (Lipinski definition) is 0. The zero-order valence-corrected chi connectivity index (χ0v) is 10.0. The molecule has 0 saturated heterocycles. The number of likely N-dealkylation sites (N-methyl/N-ethyl adjacent to an activating group) is 1. The lowest BCUT2D eigenvalue weighted by molar-refractivity contribution is -0.117. The van der Waals surface area contributed by atoms with Crippen LogP contribution >= 0.6 is 23.2 Å². The number of halogens is 2. The molecule has 0 bridgehead atoms. The Morgan fingerprint density at radius 2 is 2.12 bits per heavy atom. The molecule has 5 heteroatoms. The van der Waals surface area contributed by atoms with Crippen molar-refractivity contribution in [2.24, 2.45) is 0 Å². The van der Waals surface area contributed by atoms with Crippen LogP contribution in [-0.2, 0) is 11.2 Å². The fraction of sp³-hybridized carbons (Fsp3) is 0.273. The normalized spacial score (nSPS) is 14.5. The van der Waals surface area contributed by atoms with Gasteiger partial charge >= 0.3 is 0 Å². The molecule has 0 unspecified atom stereocenters. The largest absolute Gasteiger partial charge is 0.315 e. The summed E-state index contributed by atoms with van der Waals surface area (Å²) >= 11 is 11.0. The van der Waals surface area contributed by atoms with Crippen molar-refractivity contribution in [1.82, 2.24) is 0 Å². The molecule has 3 nitrogen and oxygen atoms in total. The average Bonchev–Trinajstić information content (AvgIpc) is 2.53. The van der Waals surface area contributed by atoms with Gasteiger partial charge in [0.1, 0.15) is 0 Å². The van der Waals surface area contributed by atoms with Crippen molar-refractivity contribution >= 4 is 40.6 Å². The molecule has 1 aromatic carbocycles. The van der Waals surface area contributed by atoms with Crippen molar-refractivity contribution < 1.29 is 9.59 Å². The quantitative estimate of drug-likeness (QED) is 0.602. The first-order valence-corrected chi connectivity index (χ1v) is 5.60. The van der Waals surface area contributed by atoms with Gasteiger partial charge in [0.2, 0.25) is 5.91 Å². The third-order valence-corrected chi connectivity index (χ3v) is 3.04. The summed E-state index contributed by atoms with van der Waals surface area (Å²) in [7, 11) is 1.71. The molecule has 0 N–H and O–H groups in total. The lowest BCUT2D eigenvalue weighted by Crippen LogP contribution is -2.20. The molecule has 1 aliphatic heterocycles. The monoisotopic (exact) mass is 257 g/mol. The number of amides is 1. The Hall–Kier alpha value is -1.06. The Kier molecular flexibility index (Phi) is 2.91. The summed E-state index contributed by atoms with van der Waals surface area (Å²) in [6.45, 7) is 0. The molecule has 0 spiro atoms. The third-order valence-electron chi connectivity index (χ3n) is 2.64. The van der Waals surface area contributed by atoms with Crippen LogP contribution in [0.5, 0.6) is 0 Å². The molecule has 1 heterocycles. The molecular weight excluding hydrogens is 249 g/mol. The van der Waals surface area contributed by atoms with Crippen molar-refractivity contribution in [2.75, 3.05) is 11.9 Å². The number of Topliss-reactive ketones (excluding diaryl/α,β-unsaturated/α-hetero) is 1. The van der Waals surface area contributed by atoms with Crippen molar-refractivity contribution in [1.29, 1.82) is 0 Å². The van der Waals surface area contributed by atoms with E-state index in [4.69, 9.17) is 23.2 Å². The summed E-state index contributed by atoms with van der Waals surface area (Å²) in [5, 5.41) is 0. The minimum Gasteiger partial charge on any atom is -0.315 e. The van der Waals surface area contributed by atoms with Gasteiger partial charge in [-0.2, -0.15) is 0 Å². The number of rotatable bonds is 2. The Morgan fingerprint density at radius 3 is 2.75 bits per heavy atom. The Bertz CT molecular complexity index is 471. The van der Waals surface area contributed by atoms with Gasteiger partial charge in [-0.15, -0.1) is 0 Å². The van der Waals surface area contributed by atoms with Gasteiger partial charge in [0.05, 0.1) is 6.42 Å². The van der Waals surface area contributed by atoms with Crippen LogP contribution in [0.3, 0.4) is 0 Å². The number of anilines is 1. The molecule has 1 aromatic rings. The van der Waals surface area contributed by atoms with E-state index in [9.17, 15) is 9.59 Å². The number of hydrogen-bond acceptors (Lipinski definition) is 2. The highest BCUT2D eigenvalue weighted by atomic mass is 35.5. The molecule has 1 aliphatic rings. The number of fused-ring (bicyclic) bond motifs is 1. The van der Waals surface area contributed by atoms with Crippen molar-refractivity contribution in [3.63, 3.8) is 0 Å². The van der Waals surface area contributed by atoms with Crippen LogP contribution in [0, 0.1) is 0 Å². The Balaban J connectivity index is 2.39. The van der Waals surface area contributed by atoms with Gasteiger partial charge < -0.3 is 4.90 Å². The van der Waals surface area contributed by atoms with Crippen LogP contribution in [0.2, 0.25) is 0 Å². The molecule has 0 aliphatic carbocycles. The van der Waals surface area contributed by atoms with Gasteiger partial charge in [-0.05, 0) is 23.8 Å². The molecule has 16 heavy (non-hydrogen) atoms. The van der Waals surface area contributed by atoms with Crippen molar-refractivity contribution in [2.45, 2.75) is 11.3 Å². The second-order valence-electron chi connectivity index (χ2n) is 3.64. The minimum absolute atomic E-state index is 0.0212. The van der Waals surface area contributed by atoms with E-state index in [1.165, 1.54) is 0 Å². The summed E-state index contributed by atoms with van der Waals surface area (Å²) in [4.78, 5) is 23.5. The highest BCUT2D eigenvalue weighted by molar-refractivity contribution is 6.55. The molecular formula is C11H9Cl2NO2. The summed E-state index contributed by atoms with van der Waals surface area (Å²) < 4.78 is 0. The van der Waals surface area contributed by atoms with Crippen LogP contribution in [-0.4, -0.2) is 23.6 Å². The van der Waals surface area contributed by atoms with Gasteiger partial charge in [-0.1, -0.05) is 23.2 Å². The van der Waals surface area contributed by atoms with Gasteiger partial charge in [0.25, 0.3) is 0 Å². The minimum atomic E-state index is -1.06. The van der Waals surface area contributed by atoms with E-state index in [0.717, 1.165) is 11.3 Å².